The van der Waals surface area contributed by atoms with Crippen molar-refractivity contribution < 1.29 is 19.5 Å². The second-order valence-electron chi connectivity index (χ2n) is 6.37. The summed E-state index contributed by atoms with van der Waals surface area (Å²) in [5.74, 6) is -2.71. The maximum atomic E-state index is 12.8. The van der Waals surface area contributed by atoms with Gasteiger partial charge >= 0.3 is 5.97 Å². The summed E-state index contributed by atoms with van der Waals surface area (Å²) >= 11 is 12.6. The van der Waals surface area contributed by atoms with Crippen LogP contribution in [0.1, 0.15) is 16.8 Å². The van der Waals surface area contributed by atoms with Gasteiger partial charge in [0.15, 0.2) is 0 Å². The number of alkyl halides is 2. The number of nitrogens with zero attached hydrogens (tertiary/aromatic N) is 1. The third-order valence-corrected chi connectivity index (χ3v) is 6.66. The Morgan fingerprint density at radius 1 is 1.09 bits per heavy atom. The number of anilines is 1. The first-order valence-electron chi connectivity index (χ1n) is 7.41. The Balaban J connectivity index is 1.73. The van der Waals surface area contributed by atoms with E-state index in [0.29, 0.717) is 12.1 Å². The van der Waals surface area contributed by atoms with Crippen molar-refractivity contribution in [3.8, 4) is 0 Å². The molecule has 23 heavy (non-hydrogen) atoms. The maximum absolute atomic E-state index is 12.8. The van der Waals surface area contributed by atoms with Gasteiger partial charge in [-0.3, -0.25) is 14.5 Å². The molecule has 1 aliphatic heterocycles. The van der Waals surface area contributed by atoms with E-state index in [1.165, 1.54) is 18.2 Å². The summed E-state index contributed by atoms with van der Waals surface area (Å²) in [5, 5.41) is 8.48. The van der Waals surface area contributed by atoms with E-state index in [9.17, 15) is 14.4 Å². The third-order valence-electron chi connectivity index (χ3n) is 5.34. The molecule has 4 rings (SSSR count). The molecule has 1 aromatic carbocycles. The largest absolute Gasteiger partial charge is 0.478 e. The lowest BCUT2D eigenvalue weighted by Crippen LogP contribution is -2.37. The molecule has 1 saturated heterocycles. The highest BCUT2D eigenvalue weighted by Gasteiger charge is 2.66. The van der Waals surface area contributed by atoms with E-state index in [4.69, 9.17) is 28.3 Å². The monoisotopic (exact) mass is 353 g/mol. The molecular weight excluding hydrogens is 341 g/mol. The highest BCUT2D eigenvalue weighted by molar-refractivity contribution is 6.32. The minimum Gasteiger partial charge on any atom is -0.478 e. The van der Waals surface area contributed by atoms with Crippen molar-refractivity contribution in [2.75, 3.05) is 4.90 Å². The van der Waals surface area contributed by atoms with Crippen LogP contribution >= 0.6 is 23.2 Å². The minimum atomic E-state index is -1.10. The standard InChI is InChI=1S/C16H13Cl2NO4/c17-12-8-5-9(13(12)18)11-10(8)14(20)19(15(11)21)7-3-1-2-6(4-7)16(22)23/h1-4,8-13H,5H2,(H,22,23)/t8-,9-,10-,11+,12+,13+/m1/s1. The van der Waals surface area contributed by atoms with Gasteiger partial charge in [0.2, 0.25) is 11.8 Å². The number of carbonyl (C=O) groups is 3. The summed E-state index contributed by atoms with van der Waals surface area (Å²) in [6.07, 6.45) is 0.707. The fourth-order valence-electron chi connectivity index (χ4n) is 4.38. The third kappa shape index (κ3) is 1.90. The van der Waals surface area contributed by atoms with Gasteiger partial charge in [0.1, 0.15) is 0 Å². The minimum absolute atomic E-state index is 0.0357. The molecule has 1 N–H and O–H groups in total. The van der Waals surface area contributed by atoms with Crippen LogP contribution in [0.3, 0.4) is 0 Å². The first-order chi connectivity index (χ1) is 10.9. The lowest BCUT2D eigenvalue weighted by Gasteiger charge is -2.28. The lowest BCUT2D eigenvalue weighted by molar-refractivity contribution is -0.123. The van der Waals surface area contributed by atoms with Crippen LogP contribution in [0.4, 0.5) is 5.69 Å². The second kappa shape index (κ2) is 4.95. The summed E-state index contributed by atoms with van der Waals surface area (Å²) in [5.41, 5.74) is 0.333. The van der Waals surface area contributed by atoms with Crippen molar-refractivity contribution in [2.45, 2.75) is 17.2 Å². The van der Waals surface area contributed by atoms with E-state index in [0.717, 1.165) is 4.90 Å². The zero-order chi connectivity index (χ0) is 16.5. The number of aromatic carboxylic acids is 1. The number of imide groups is 1. The number of halogens is 2. The molecule has 2 aliphatic carbocycles. The molecule has 2 amide bonds. The van der Waals surface area contributed by atoms with Crippen LogP contribution in [0, 0.1) is 23.7 Å². The van der Waals surface area contributed by atoms with Crippen LogP contribution in [0.2, 0.25) is 0 Å². The Labute approximate surface area is 142 Å². The van der Waals surface area contributed by atoms with E-state index >= 15 is 0 Å². The molecule has 6 atom stereocenters. The number of carbonyl (C=O) groups excluding carboxylic acids is 2. The molecule has 1 heterocycles. The molecule has 0 radical (unpaired) electrons. The SMILES string of the molecule is O=C(O)c1cccc(N2C(=O)[C@@H]3[C@H]4C[C@@H]([C@H](Cl)[C@H]4Cl)[C@@H]3C2=O)c1. The first-order valence-corrected chi connectivity index (χ1v) is 8.28. The molecule has 120 valence electrons. The van der Waals surface area contributed by atoms with E-state index in [1.807, 2.05) is 0 Å². The molecule has 5 nitrogen and oxygen atoms in total. The number of carboxylic acids is 1. The van der Waals surface area contributed by atoms with Crippen LogP contribution in [-0.4, -0.2) is 33.6 Å². The molecule has 2 bridgehead atoms. The van der Waals surface area contributed by atoms with Crippen molar-refractivity contribution in [1.82, 2.24) is 0 Å². The topological polar surface area (TPSA) is 74.7 Å². The van der Waals surface area contributed by atoms with E-state index in [1.54, 1.807) is 6.07 Å². The smallest absolute Gasteiger partial charge is 0.335 e. The summed E-state index contributed by atoms with van der Waals surface area (Å²) in [4.78, 5) is 37.8. The van der Waals surface area contributed by atoms with Crippen LogP contribution < -0.4 is 4.90 Å². The fourth-order valence-corrected chi connectivity index (χ4v) is 5.27. The molecule has 0 aromatic heterocycles. The number of hydrogen-bond donors (Lipinski definition) is 1. The van der Waals surface area contributed by atoms with E-state index in [-0.39, 0.29) is 40.0 Å². The number of hydrogen-bond acceptors (Lipinski definition) is 3. The summed E-state index contributed by atoms with van der Waals surface area (Å²) < 4.78 is 0. The quantitative estimate of drug-likeness (QED) is 0.654. The van der Waals surface area contributed by atoms with Gasteiger partial charge in [-0.25, -0.2) is 4.79 Å². The fraction of sp³-hybridized carbons (Fsp3) is 0.438. The molecule has 2 saturated carbocycles. The Bertz CT molecular complexity index is 705. The molecule has 1 aromatic rings. The molecular formula is C16H13Cl2NO4. The predicted molar refractivity (Wildman–Crippen MR) is 83.8 cm³/mol. The average molecular weight is 354 g/mol. The number of fused-ring (bicyclic) bond motifs is 5. The van der Waals surface area contributed by atoms with E-state index < -0.39 is 17.8 Å². The number of benzene rings is 1. The van der Waals surface area contributed by atoms with Crippen LogP contribution in [-0.2, 0) is 9.59 Å². The number of rotatable bonds is 2. The number of carboxylic acid groups (broad SMARTS) is 1. The van der Waals surface area contributed by atoms with Gasteiger partial charge in [-0.2, -0.15) is 0 Å². The maximum Gasteiger partial charge on any atom is 0.335 e. The van der Waals surface area contributed by atoms with Crippen molar-refractivity contribution in [3.63, 3.8) is 0 Å². The Morgan fingerprint density at radius 2 is 1.65 bits per heavy atom. The van der Waals surface area contributed by atoms with Gasteiger partial charge in [0.05, 0.1) is 33.8 Å². The predicted octanol–water partition coefficient (Wildman–Crippen LogP) is 2.35. The van der Waals surface area contributed by atoms with Crippen LogP contribution in [0.15, 0.2) is 24.3 Å². The molecule has 3 fully saturated rings. The molecule has 0 spiro atoms. The zero-order valence-electron chi connectivity index (χ0n) is 11.9. The van der Waals surface area contributed by atoms with Gasteiger partial charge < -0.3 is 5.11 Å². The van der Waals surface area contributed by atoms with Crippen LogP contribution in [0.5, 0.6) is 0 Å². The van der Waals surface area contributed by atoms with E-state index in [2.05, 4.69) is 0 Å². The Kier molecular flexibility index (Phi) is 3.22. The van der Waals surface area contributed by atoms with Gasteiger partial charge in [-0.05, 0) is 36.5 Å². The van der Waals surface area contributed by atoms with Crippen molar-refractivity contribution >= 4 is 46.7 Å². The number of amides is 2. The van der Waals surface area contributed by atoms with Crippen molar-refractivity contribution in [1.29, 1.82) is 0 Å². The summed E-state index contributed by atoms with van der Waals surface area (Å²) in [6.45, 7) is 0. The highest BCUT2D eigenvalue weighted by Crippen LogP contribution is 2.59. The highest BCUT2D eigenvalue weighted by atomic mass is 35.5. The lowest BCUT2D eigenvalue weighted by atomic mass is 9.80. The zero-order valence-corrected chi connectivity index (χ0v) is 13.4. The van der Waals surface area contributed by atoms with Gasteiger partial charge in [-0.1, -0.05) is 6.07 Å². The second-order valence-corrected chi connectivity index (χ2v) is 7.38. The summed E-state index contributed by atoms with van der Waals surface area (Å²) in [6, 6.07) is 5.86. The van der Waals surface area contributed by atoms with Crippen molar-refractivity contribution in [3.05, 3.63) is 29.8 Å². The molecule has 7 heteroatoms. The van der Waals surface area contributed by atoms with Gasteiger partial charge in [0, 0.05) is 0 Å². The normalized spacial score (nSPS) is 38.3. The van der Waals surface area contributed by atoms with Crippen molar-refractivity contribution in [2.24, 2.45) is 23.7 Å². The average Bonchev–Trinajstić information content (AvgIpc) is 3.12. The Hall–Kier alpha value is -1.59. The Morgan fingerprint density at radius 3 is 2.17 bits per heavy atom. The first kappa shape index (κ1) is 15.0. The molecule has 0 unspecified atom stereocenters. The molecule has 3 aliphatic rings. The van der Waals surface area contributed by atoms with Gasteiger partial charge in [0.25, 0.3) is 0 Å². The summed E-state index contributed by atoms with van der Waals surface area (Å²) in [7, 11) is 0. The van der Waals surface area contributed by atoms with Gasteiger partial charge in [-0.15, -0.1) is 23.2 Å². The van der Waals surface area contributed by atoms with Crippen LogP contribution in [0.25, 0.3) is 0 Å².